The second kappa shape index (κ2) is 14.1. The lowest BCUT2D eigenvalue weighted by molar-refractivity contribution is -0.145. The highest BCUT2D eigenvalue weighted by molar-refractivity contribution is 7.91. The zero-order valence-corrected chi connectivity index (χ0v) is 35.5. The van der Waals surface area contributed by atoms with E-state index in [9.17, 15) is 27.6 Å². The van der Waals surface area contributed by atoms with Crippen LogP contribution in [0.5, 0.6) is 0 Å². The van der Waals surface area contributed by atoms with Crippen molar-refractivity contribution < 1.29 is 32.4 Å². The Labute approximate surface area is 334 Å². The minimum Gasteiger partial charge on any atom is -0.344 e. The molecular formula is C43H67N5O7S. The van der Waals surface area contributed by atoms with Gasteiger partial charge in [-0.05, 0) is 86.4 Å². The van der Waals surface area contributed by atoms with Gasteiger partial charge in [-0.2, -0.15) is 0 Å². The van der Waals surface area contributed by atoms with Gasteiger partial charge < -0.3 is 20.9 Å². The minimum atomic E-state index is -3.86. The molecule has 2 spiro atoms. The summed E-state index contributed by atoms with van der Waals surface area (Å²) in [5.41, 5.74) is -3.22. The highest BCUT2D eigenvalue weighted by atomic mass is 32.2. The fourth-order valence-corrected chi connectivity index (χ4v) is 13.2. The van der Waals surface area contributed by atoms with E-state index >= 15 is 4.79 Å². The first-order valence-corrected chi connectivity index (χ1v) is 23.2. The molecule has 7 aliphatic rings. The van der Waals surface area contributed by atoms with Crippen LogP contribution in [0.2, 0.25) is 0 Å². The van der Waals surface area contributed by atoms with E-state index in [-0.39, 0.29) is 46.3 Å². The molecule has 6 aliphatic carbocycles. The third-order valence-electron chi connectivity index (χ3n) is 16.2. The first-order valence-electron chi connectivity index (χ1n) is 21.6. The van der Waals surface area contributed by atoms with Gasteiger partial charge in [0.1, 0.15) is 23.7 Å². The van der Waals surface area contributed by atoms with Crippen molar-refractivity contribution in [3.8, 4) is 0 Å². The molecule has 12 nitrogen and oxygen atoms in total. The van der Waals surface area contributed by atoms with Gasteiger partial charge >= 0.3 is 0 Å². The molecule has 7 fully saturated rings. The first kappa shape index (κ1) is 41.2. The highest BCUT2D eigenvalue weighted by Crippen LogP contribution is 2.88. The lowest BCUT2D eigenvalue weighted by atomic mass is 9.73. The molecule has 6 saturated carbocycles. The normalized spacial score (nSPS) is 32.7. The summed E-state index contributed by atoms with van der Waals surface area (Å²) in [5, 5.41) is 8.69. The van der Waals surface area contributed by atoms with Gasteiger partial charge in [-0.15, -0.1) is 6.58 Å². The monoisotopic (exact) mass is 797 g/mol. The first-order chi connectivity index (χ1) is 26.2. The van der Waals surface area contributed by atoms with Crippen molar-refractivity contribution in [1.82, 2.24) is 25.6 Å². The standard InChI is InChI=1S/C43H67N5O7S/c1-8-28-24-43(28,37(53)47-56(54,55)29-18-19-29)46-33(49)30-25-42(39(5,6)41(42)22-15-23-41)26-48(30)35(51)32(38(2,3)4)45-34(50)31(27-16-11-9-12-17-27)44-36(52)40(7)20-13-10-14-21-40/h8,27-32H,1,9-26H2,2-7H3,(H,44,52)(H,45,50)(H,46,49)(H,47,53)/t28-,30+,31?,32-,42-,43-/m1/s1. The molecule has 312 valence electrons. The number of amides is 5. The highest BCUT2D eigenvalue weighted by Gasteiger charge is 2.85. The predicted octanol–water partition coefficient (Wildman–Crippen LogP) is 5.02. The molecule has 56 heavy (non-hydrogen) atoms. The molecule has 0 aromatic heterocycles. The van der Waals surface area contributed by atoms with Crippen molar-refractivity contribution in [2.75, 3.05) is 6.54 Å². The minimum absolute atomic E-state index is 0.00371. The van der Waals surface area contributed by atoms with E-state index in [4.69, 9.17) is 0 Å². The van der Waals surface area contributed by atoms with Gasteiger partial charge in [-0.25, -0.2) is 8.42 Å². The van der Waals surface area contributed by atoms with Crippen molar-refractivity contribution in [3.05, 3.63) is 12.7 Å². The molecule has 1 unspecified atom stereocenters. The number of hydrogen-bond acceptors (Lipinski definition) is 7. The van der Waals surface area contributed by atoms with Crippen LogP contribution in [0, 0.1) is 38.9 Å². The number of sulfonamides is 1. The van der Waals surface area contributed by atoms with Gasteiger partial charge in [-0.3, -0.25) is 28.7 Å². The van der Waals surface area contributed by atoms with E-state index in [2.05, 4.69) is 41.1 Å². The van der Waals surface area contributed by atoms with Gasteiger partial charge in [0.2, 0.25) is 33.7 Å². The van der Waals surface area contributed by atoms with E-state index in [0.29, 0.717) is 25.8 Å². The summed E-state index contributed by atoms with van der Waals surface area (Å²) in [6.45, 7) is 16.4. The molecule has 4 N–H and O–H groups in total. The number of likely N-dealkylation sites (tertiary alicyclic amines) is 1. The fourth-order valence-electron chi connectivity index (χ4n) is 11.9. The third-order valence-corrected chi connectivity index (χ3v) is 18.1. The molecule has 6 atom stereocenters. The summed E-state index contributed by atoms with van der Waals surface area (Å²) in [6, 6.07) is -2.71. The van der Waals surface area contributed by atoms with Crippen LogP contribution in [-0.4, -0.2) is 78.3 Å². The van der Waals surface area contributed by atoms with E-state index in [1.165, 1.54) is 0 Å². The molecule has 5 amide bonds. The van der Waals surface area contributed by atoms with Crippen LogP contribution in [-0.2, 0) is 34.0 Å². The van der Waals surface area contributed by atoms with Crippen molar-refractivity contribution in [3.63, 3.8) is 0 Å². The molecule has 1 saturated heterocycles. The van der Waals surface area contributed by atoms with Crippen molar-refractivity contribution >= 4 is 39.6 Å². The summed E-state index contributed by atoms with van der Waals surface area (Å²) < 4.78 is 27.9. The number of carbonyl (C=O) groups excluding carboxylic acids is 5. The number of nitrogens with zero attached hydrogens (tertiary/aromatic N) is 1. The Bertz CT molecular complexity index is 1750. The molecule has 0 bridgehead atoms. The van der Waals surface area contributed by atoms with Crippen LogP contribution >= 0.6 is 0 Å². The summed E-state index contributed by atoms with van der Waals surface area (Å²) in [6.07, 6.45) is 15.6. The van der Waals surface area contributed by atoms with Crippen LogP contribution in [0.1, 0.15) is 151 Å². The van der Waals surface area contributed by atoms with E-state index < -0.39 is 67.5 Å². The number of fused-ring (bicyclic) bond motifs is 1. The van der Waals surface area contributed by atoms with Crippen molar-refractivity contribution in [2.24, 2.45) is 38.9 Å². The number of hydrogen-bond donors (Lipinski definition) is 4. The van der Waals surface area contributed by atoms with Gasteiger partial charge in [0.05, 0.1) is 5.25 Å². The molecule has 0 radical (unpaired) electrons. The molecule has 7 rings (SSSR count). The molecule has 1 aliphatic heterocycles. The average molecular weight is 798 g/mol. The predicted molar refractivity (Wildman–Crippen MR) is 213 cm³/mol. The second-order valence-corrected chi connectivity index (χ2v) is 22.8. The van der Waals surface area contributed by atoms with Crippen molar-refractivity contribution in [2.45, 2.75) is 180 Å². The number of nitrogens with one attached hydrogen (secondary N) is 4. The summed E-state index contributed by atoms with van der Waals surface area (Å²) in [4.78, 5) is 73.6. The second-order valence-electron chi connectivity index (χ2n) is 20.8. The van der Waals surface area contributed by atoms with Gasteiger partial charge in [0.25, 0.3) is 5.91 Å². The Balaban J connectivity index is 1.16. The topological polar surface area (TPSA) is 171 Å². The largest absolute Gasteiger partial charge is 0.344 e. The van der Waals surface area contributed by atoms with Crippen LogP contribution in [0.4, 0.5) is 0 Å². The molecule has 0 aromatic carbocycles. The Morgan fingerprint density at radius 1 is 0.786 bits per heavy atom. The maximum Gasteiger partial charge on any atom is 0.259 e. The van der Waals surface area contributed by atoms with Gasteiger partial charge in [-0.1, -0.05) is 92.6 Å². The lowest BCUT2D eigenvalue weighted by Crippen LogP contribution is -2.63. The summed E-state index contributed by atoms with van der Waals surface area (Å²) in [7, 11) is -3.86. The smallest absolute Gasteiger partial charge is 0.259 e. The molecule has 1 heterocycles. The Kier molecular flexibility index (Phi) is 10.4. The third kappa shape index (κ3) is 6.71. The number of rotatable bonds is 12. The van der Waals surface area contributed by atoms with Gasteiger partial charge in [0, 0.05) is 23.3 Å². The maximum atomic E-state index is 15.2. The van der Waals surface area contributed by atoms with Crippen LogP contribution in [0.15, 0.2) is 12.7 Å². The van der Waals surface area contributed by atoms with E-state index in [0.717, 1.165) is 83.5 Å². The number of carbonyl (C=O) groups is 5. The quantitative estimate of drug-likeness (QED) is 0.201. The Hall–Kier alpha value is -2.96. The summed E-state index contributed by atoms with van der Waals surface area (Å²) in [5.74, 6) is -2.59. The zero-order chi connectivity index (χ0) is 40.7. The lowest BCUT2D eigenvalue weighted by Gasteiger charge is -2.39. The maximum absolute atomic E-state index is 15.2. The fraction of sp³-hybridized carbons (Fsp3) is 0.837. The van der Waals surface area contributed by atoms with Crippen LogP contribution < -0.4 is 20.7 Å². The SMILES string of the molecule is C=C[C@@H]1C[C@]1(NC(=O)[C@@H]1C[C@@]2(CN1C(=O)[C@@H](NC(=O)C(NC(=O)C1(C)CCCCC1)C1CCCCC1)C(C)(C)C)C(C)(C)C21CCC1)C(=O)NS(=O)(=O)C1CC1. The average Bonchev–Trinajstić information content (AvgIpc) is 4.07. The van der Waals surface area contributed by atoms with E-state index in [1.807, 2.05) is 27.7 Å². The van der Waals surface area contributed by atoms with Gasteiger partial charge in [0.15, 0.2) is 0 Å². The molecule has 13 heteroatoms. The zero-order valence-electron chi connectivity index (χ0n) is 34.7. The van der Waals surface area contributed by atoms with Crippen LogP contribution in [0.25, 0.3) is 0 Å². The van der Waals surface area contributed by atoms with Crippen molar-refractivity contribution in [1.29, 1.82) is 0 Å². The summed E-state index contributed by atoms with van der Waals surface area (Å²) >= 11 is 0. The Morgan fingerprint density at radius 2 is 1.41 bits per heavy atom. The Morgan fingerprint density at radius 3 is 1.93 bits per heavy atom. The van der Waals surface area contributed by atoms with E-state index in [1.54, 1.807) is 11.0 Å². The molecular weight excluding hydrogens is 731 g/mol. The van der Waals surface area contributed by atoms with Crippen LogP contribution in [0.3, 0.4) is 0 Å². The molecule has 0 aromatic rings.